The Bertz CT molecular complexity index is 1250. The molecule has 1 amide bonds. The lowest BCUT2D eigenvalue weighted by molar-refractivity contribution is -0.139. The second kappa shape index (κ2) is 10.1. The summed E-state index contributed by atoms with van der Waals surface area (Å²) < 4.78 is 2.01. The third-order valence-corrected chi connectivity index (χ3v) is 6.55. The van der Waals surface area contributed by atoms with Crippen molar-refractivity contribution >= 4 is 34.8 Å². The van der Waals surface area contributed by atoms with E-state index in [1.165, 1.54) is 0 Å². The number of rotatable bonds is 9. The Morgan fingerprint density at radius 3 is 2.57 bits per heavy atom. The standard InChI is InChI=1S/C25H31N7O3/c1-25(28-16-23(33)34,24(35)32-11-3-4-12-32)18-7-10-21-20(13-18)30-22(31(21)2)15-27-19-8-5-17(6-9-19)14-29-26/h5-10,13-14,27-28H,3-4,11-12,15-16,26H2,1-2H3,(H,33,34)/t25-/m1/s1. The highest BCUT2D eigenvalue weighted by atomic mass is 16.4. The molecule has 1 saturated heterocycles. The van der Waals surface area contributed by atoms with Crippen molar-refractivity contribution in [2.24, 2.45) is 18.0 Å². The van der Waals surface area contributed by atoms with Crippen LogP contribution in [-0.2, 0) is 28.7 Å². The number of fused-ring (bicyclic) bond motifs is 1. The van der Waals surface area contributed by atoms with Gasteiger partial charge in [0.1, 0.15) is 11.4 Å². The summed E-state index contributed by atoms with van der Waals surface area (Å²) in [6, 6.07) is 13.4. The summed E-state index contributed by atoms with van der Waals surface area (Å²) >= 11 is 0. The van der Waals surface area contributed by atoms with Crippen molar-refractivity contribution in [2.45, 2.75) is 31.8 Å². The molecule has 0 spiro atoms. The minimum Gasteiger partial charge on any atom is -0.480 e. The highest BCUT2D eigenvalue weighted by molar-refractivity contribution is 5.90. The van der Waals surface area contributed by atoms with Crippen molar-refractivity contribution in [3.63, 3.8) is 0 Å². The van der Waals surface area contributed by atoms with E-state index in [1.807, 2.05) is 54.1 Å². The maximum atomic E-state index is 13.4. The molecule has 1 aliphatic heterocycles. The highest BCUT2D eigenvalue weighted by Crippen LogP contribution is 2.29. The zero-order valence-electron chi connectivity index (χ0n) is 20.0. The van der Waals surface area contributed by atoms with E-state index in [1.54, 1.807) is 18.0 Å². The number of carbonyl (C=O) groups is 2. The Balaban J connectivity index is 1.59. The van der Waals surface area contributed by atoms with E-state index in [-0.39, 0.29) is 12.5 Å². The number of hydrogen-bond donors (Lipinski definition) is 4. The zero-order valence-corrected chi connectivity index (χ0v) is 20.0. The minimum absolute atomic E-state index is 0.114. The number of hydrogen-bond acceptors (Lipinski definition) is 7. The lowest BCUT2D eigenvalue weighted by atomic mass is 9.89. The van der Waals surface area contributed by atoms with Gasteiger partial charge in [-0.05, 0) is 55.2 Å². The third-order valence-electron chi connectivity index (χ3n) is 6.55. The molecule has 2 heterocycles. The van der Waals surface area contributed by atoms with Crippen molar-refractivity contribution in [1.82, 2.24) is 19.8 Å². The number of nitrogens with one attached hydrogen (secondary N) is 2. The van der Waals surface area contributed by atoms with Crippen molar-refractivity contribution in [1.29, 1.82) is 0 Å². The molecule has 184 valence electrons. The van der Waals surface area contributed by atoms with Gasteiger partial charge < -0.3 is 25.7 Å². The van der Waals surface area contributed by atoms with Gasteiger partial charge in [0.15, 0.2) is 0 Å². The molecule has 0 aliphatic carbocycles. The molecule has 4 rings (SSSR count). The Kier molecular flexibility index (Phi) is 7.02. The summed E-state index contributed by atoms with van der Waals surface area (Å²) in [5, 5.41) is 19.1. The summed E-state index contributed by atoms with van der Waals surface area (Å²) in [7, 11) is 1.95. The van der Waals surface area contributed by atoms with E-state index in [0.29, 0.717) is 25.2 Å². The second-order valence-electron chi connectivity index (χ2n) is 8.92. The molecule has 3 aromatic rings. The zero-order chi connectivity index (χ0) is 25.0. The van der Waals surface area contributed by atoms with Crippen molar-refractivity contribution in [2.75, 3.05) is 25.0 Å². The Morgan fingerprint density at radius 1 is 1.20 bits per heavy atom. The summed E-state index contributed by atoms with van der Waals surface area (Å²) in [5.74, 6) is 4.90. The van der Waals surface area contributed by atoms with Gasteiger partial charge in [0, 0.05) is 25.8 Å². The average molecular weight is 478 g/mol. The lowest BCUT2D eigenvalue weighted by Gasteiger charge is -2.33. The molecule has 10 nitrogen and oxygen atoms in total. The van der Waals surface area contributed by atoms with Crippen molar-refractivity contribution in [3.05, 3.63) is 59.4 Å². The molecule has 10 heteroatoms. The number of anilines is 1. The maximum absolute atomic E-state index is 13.4. The minimum atomic E-state index is -1.17. The van der Waals surface area contributed by atoms with Crippen LogP contribution in [-0.4, -0.2) is 57.3 Å². The number of amides is 1. The van der Waals surface area contributed by atoms with Crippen molar-refractivity contribution in [3.8, 4) is 0 Å². The first-order chi connectivity index (χ1) is 16.8. The molecule has 2 aromatic carbocycles. The number of imidazole rings is 1. The first-order valence-corrected chi connectivity index (χ1v) is 11.6. The average Bonchev–Trinajstić information content (AvgIpc) is 3.50. The predicted molar refractivity (Wildman–Crippen MR) is 135 cm³/mol. The van der Waals surface area contributed by atoms with Gasteiger partial charge >= 0.3 is 5.97 Å². The molecule has 35 heavy (non-hydrogen) atoms. The summed E-state index contributed by atoms with van der Waals surface area (Å²) in [5.41, 5.74) is 3.05. The van der Waals surface area contributed by atoms with E-state index in [4.69, 9.17) is 10.8 Å². The van der Waals surface area contributed by atoms with E-state index in [0.717, 1.165) is 41.0 Å². The first-order valence-electron chi connectivity index (χ1n) is 11.6. The Morgan fingerprint density at radius 2 is 1.91 bits per heavy atom. The van der Waals surface area contributed by atoms with Crippen LogP contribution < -0.4 is 16.5 Å². The summed E-state index contributed by atoms with van der Waals surface area (Å²) in [6.45, 7) is 3.31. The predicted octanol–water partition coefficient (Wildman–Crippen LogP) is 1.99. The van der Waals surface area contributed by atoms with Crippen LogP contribution in [0.4, 0.5) is 5.69 Å². The lowest BCUT2D eigenvalue weighted by Crippen LogP contribution is -2.54. The Hall–Kier alpha value is -3.92. The third kappa shape index (κ3) is 5.12. The number of carboxylic acid groups (broad SMARTS) is 1. The van der Waals surface area contributed by atoms with Crippen LogP contribution in [0.3, 0.4) is 0 Å². The fourth-order valence-corrected chi connectivity index (χ4v) is 4.46. The van der Waals surface area contributed by atoms with Crippen LogP contribution in [0.1, 0.15) is 36.7 Å². The van der Waals surface area contributed by atoms with Crippen LogP contribution in [0.2, 0.25) is 0 Å². The van der Waals surface area contributed by atoms with Gasteiger partial charge in [-0.3, -0.25) is 14.9 Å². The van der Waals surface area contributed by atoms with E-state index in [9.17, 15) is 14.7 Å². The van der Waals surface area contributed by atoms with Crippen molar-refractivity contribution < 1.29 is 14.7 Å². The fraction of sp³-hybridized carbons (Fsp3) is 0.360. The molecule has 1 fully saturated rings. The monoisotopic (exact) mass is 477 g/mol. The van der Waals surface area contributed by atoms with Gasteiger partial charge in [0.2, 0.25) is 5.91 Å². The van der Waals surface area contributed by atoms with Gasteiger partial charge in [-0.25, -0.2) is 4.98 Å². The number of benzene rings is 2. The largest absolute Gasteiger partial charge is 0.480 e. The number of aliphatic carboxylic acids is 1. The molecular weight excluding hydrogens is 446 g/mol. The molecule has 0 unspecified atom stereocenters. The number of carboxylic acids is 1. The number of likely N-dealkylation sites (tertiary alicyclic amines) is 1. The number of aryl methyl sites for hydroxylation is 1. The SMILES string of the molecule is Cn1c(CNc2ccc(C=NN)cc2)nc2cc([C@@](C)(NCC(=O)O)C(=O)N3CCCC3)ccc21. The molecule has 0 radical (unpaired) electrons. The molecule has 1 atom stereocenters. The number of hydrazone groups is 1. The molecule has 1 aromatic heterocycles. The molecule has 0 saturated carbocycles. The molecule has 1 aliphatic rings. The highest BCUT2D eigenvalue weighted by Gasteiger charge is 2.39. The fourth-order valence-electron chi connectivity index (χ4n) is 4.46. The molecule has 5 N–H and O–H groups in total. The maximum Gasteiger partial charge on any atom is 0.317 e. The van der Waals surface area contributed by atoms with Gasteiger partial charge in [-0.2, -0.15) is 5.10 Å². The van der Waals surface area contributed by atoms with Gasteiger partial charge in [-0.1, -0.05) is 18.2 Å². The van der Waals surface area contributed by atoms with Crippen LogP contribution in [0.25, 0.3) is 11.0 Å². The smallest absolute Gasteiger partial charge is 0.317 e. The molecular formula is C25H31N7O3. The van der Waals surface area contributed by atoms with E-state index >= 15 is 0 Å². The van der Waals surface area contributed by atoms with Crippen LogP contribution in [0.15, 0.2) is 47.6 Å². The normalized spacial score (nSPS) is 15.5. The van der Waals surface area contributed by atoms with Gasteiger partial charge in [-0.15, -0.1) is 0 Å². The summed E-state index contributed by atoms with van der Waals surface area (Å²) in [6.07, 6.45) is 3.50. The number of nitrogens with zero attached hydrogens (tertiary/aromatic N) is 4. The first kappa shape index (κ1) is 24.2. The Labute approximate surface area is 203 Å². The van der Waals surface area contributed by atoms with Gasteiger partial charge in [0.25, 0.3) is 0 Å². The quantitative estimate of drug-likeness (QED) is 0.210. The van der Waals surface area contributed by atoms with E-state index < -0.39 is 11.5 Å². The van der Waals surface area contributed by atoms with Crippen LogP contribution in [0.5, 0.6) is 0 Å². The van der Waals surface area contributed by atoms with Gasteiger partial charge in [0.05, 0.1) is 30.3 Å². The number of aromatic nitrogens is 2. The van der Waals surface area contributed by atoms with E-state index in [2.05, 4.69) is 15.7 Å². The second-order valence-corrected chi connectivity index (χ2v) is 8.92. The van der Waals surface area contributed by atoms with Crippen LogP contribution >= 0.6 is 0 Å². The van der Waals surface area contributed by atoms with Crippen LogP contribution in [0, 0.1) is 0 Å². The number of nitrogens with two attached hydrogens (primary N) is 1. The topological polar surface area (TPSA) is 138 Å². The summed E-state index contributed by atoms with van der Waals surface area (Å²) in [4.78, 5) is 31.3. The number of carbonyl (C=O) groups excluding carboxylic acids is 1. The molecule has 0 bridgehead atoms.